The van der Waals surface area contributed by atoms with Gasteiger partial charge in [-0.15, -0.1) is 0 Å². The fourth-order valence-corrected chi connectivity index (χ4v) is 1.80. The maximum absolute atomic E-state index is 13.6. The fraction of sp³-hybridized carbons (Fsp3) is 0.500. The predicted molar refractivity (Wildman–Crippen MR) is 69.4 cm³/mol. The van der Waals surface area contributed by atoms with Gasteiger partial charge in [0.15, 0.2) is 0 Å². The standard InChI is InChI=1S/C14H20FNO2/c1-4-10(5-2)9-16-14(17)13-11(15)7-6-8-12(13)18-3/h6-8,10H,4-5,9H2,1-3H3,(H,16,17). The Morgan fingerprint density at radius 2 is 2.06 bits per heavy atom. The van der Waals surface area contributed by atoms with E-state index in [0.29, 0.717) is 12.5 Å². The van der Waals surface area contributed by atoms with E-state index in [1.54, 1.807) is 6.07 Å². The van der Waals surface area contributed by atoms with Crippen LogP contribution in [0.4, 0.5) is 4.39 Å². The van der Waals surface area contributed by atoms with Crippen LogP contribution >= 0.6 is 0 Å². The molecule has 0 heterocycles. The summed E-state index contributed by atoms with van der Waals surface area (Å²) in [5, 5.41) is 2.76. The van der Waals surface area contributed by atoms with Crippen LogP contribution in [0.1, 0.15) is 37.0 Å². The Labute approximate surface area is 107 Å². The molecular weight excluding hydrogens is 233 g/mol. The number of rotatable bonds is 6. The summed E-state index contributed by atoms with van der Waals surface area (Å²) in [7, 11) is 1.42. The number of benzene rings is 1. The Morgan fingerprint density at radius 3 is 2.61 bits per heavy atom. The lowest BCUT2D eigenvalue weighted by atomic mass is 10.0. The molecule has 0 aliphatic heterocycles. The average molecular weight is 253 g/mol. The van der Waals surface area contributed by atoms with E-state index in [1.165, 1.54) is 19.2 Å². The van der Waals surface area contributed by atoms with Gasteiger partial charge in [-0.2, -0.15) is 0 Å². The van der Waals surface area contributed by atoms with E-state index >= 15 is 0 Å². The molecular formula is C14H20FNO2. The predicted octanol–water partition coefficient (Wildman–Crippen LogP) is 3.00. The van der Waals surface area contributed by atoms with E-state index in [0.717, 1.165) is 12.8 Å². The number of ether oxygens (including phenoxy) is 1. The molecule has 1 amide bonds. The summed E-state index contributed by atoms with van der Waals surface area (Å²) in [6.07, 6.45) is 1.98. The minimum atomic E-state index is -0.559. The van der Waals surface area contributed by atoms with Crippen molar-refractivity contribution < 1.29 is 13.9 Å². The van der Waals surface area contributed by atoms with Crippen LogP contribution in [-0.4, -0.2) is 19.6 Å². The first-order chi connectivity index (χ1) is 8.63. The van der Waals surface area contributed by atoms with E-state index in [2.05, 4.69) is 19.2 Å². The molecule has 1 aromatic carbocycles. The summed E-state index contributed by atoms with van der Waals surface area (Å²) in [6, 6.07) is 4.36. The van der Waals surface area contributed by atoms with Crippen LogP contribution in [0.15, 0.2) is 18.2 Å². The van der Waals surface area contributed by atoms with Crippen LogP contribution in [0, 0.1) is 11.7 Å². The zero-order valence-electron chi connectivity index (χ0n) is 11.1. The number of nitrogens with one attached hydrogen (secondary N) is 1. The molecule has 0 aliphatic carbocycles. The molecule has 0 aromatic heterocycles. The molecule has 3 nitrogen and oxygen atoms in total. The van der Waals surface area contributed by atoms with Crippen LogP contribution in [0.2, 0.25) is 0 Å². The lowest BCUT2D eigenvalue weighted by Crippen LogP contribution is -2.29. The molecule has 0 aliphatic rings. The van der Waals surface area contributed by atoms with Crippen molar-refractivity contribution in [3.8, 4) is 5.75 Å². The third-order valence-corrected chi connectivity index (χ3v) is 3.13. The molecule has 1 N–H and O–H groups in total. The highest BCUT2D eigenvalue weighted by atomic mass is 19.1. The number of methoxy groups -OCH3 is 1. The minimum absolute atomic E-state index is 0.0223. The van der Waals surface area contributed by atoms with Crippen molar-refractivity contribution in [1.82, 2.24) is 5.32 Å². The van der Waals surface area contributed by atoms with Gasteiger partial charge in [-0.05, 0) is 18.1 Å². The van der Waals surface area contributed by atoms with Gasteiger partial charge in [-0.25, -0.2) is 4.39 Å². The average Bonchev–Trinajstić information content (AvgIpc) is 2.39. The quantitative estimate of drug-likeness (QED) is 0.846. The zero-order valence-corrected chi connectivity index (χ0v) is 11.1. The first kappa shape index (κ1) is 14.5. The smallest absolute Gasteiger partial charge is 0.258 e. The summed E-state index contributed by atoms with van der Waals surface area (Å²) in [5.41, 5.74) is -0.0223. The van der Waals surface area contributed by atoms with Gasteiger partial charge in [0.05, 0.1) is 7.11 Å². The van der Waals surface area contributed by atoms with Gasteiger partial charge < -0.3 is 10.1 Å². The van der Waals surface area contributed by atoms with Crippen molar-refractivity contribution in [1.29, 1.82) is 0 Å². The molecule has 0 saturated heterocycles. The summed E-state index contributed by atoms with van der Waals surface area (Å²) in [4.78, 5) is 12.0. The van der Waals surface area contributed by atoms with Crippen LogP contribution < -0.4 is 10.1 Å². The lowest BCUT2D eigenvalue weighted by Gasteiger charge is -2.14. The van der Waals surface area contributed by atoms with E-state index in [4.69, 9.17) is 4.74 Å². The van der Waals surface area contributed by atoms with Gasteiger partial charge >= 0.3 is 0 Å². The van der Waals surface area contributed by atoms with E-state index in [1.807, 2.05) is 0 Å². The van der Waals surface area contributed by atoms with E-state index in [9.17, 15) is 9.18 Å². The molecule has 100 valence electrons. The Hall–Kier alpha value is -1.58. The molecule has 0 saturated carbocycles. The highest BCUT2D eigenvalue weighted by molar-refractivity contribution is 5.97. The second-order valence-corrected chi connectivity index (χ2v) is 4.21. The Bertz CT molecular complexity index is 403. The normalized spacial score (nSPS) is 10.5. The topological polar surface area (TPSA) is 38.3 Å². The first-order valence-corrected chi connectivity index (χ1v) is 6.24. The molecule has 0 spiro atoms. The largest absolute Gasteiger partial charge is 0.496 e. The Balaban J connectivity index is 2.78. The van der Waals surface area contributed by atoms with Crippen molar-refractivity contribution in [2.75, 3.05) is 13.7 Å². The van der Waals surface area contributed by atoms with E-state index < -0.39 is 11.7 Å². The highest BCUT2D eigenvalue weighted by Crippen LogP contribution is 2.21. The molecule has 4 heteroatoms. The summed E-state index contributed by atoms with van der Waals surface area (Å²) in [5.74, 6) is -0.294. The fourth-order valence-electron chi connectivity index (χ4n) is 1.80. The van der Waals surface area contributed by atoms with Crippen molar-refractivity contribution in [3.63, 3.8) is 0 Å². The maximum Gasteiger partial charge on any atom is 0.258 e. The van der Waals surface area contributed by atoms with Gasteiger partial charge in [0.25, 0.3) is 5.91 Å². The van der Waals surface area contributed by atoms with E-state index in [-0.39, 0.29) is 11.3 Å². The summed E-state index contributed by atoms with van der Waals surface area (Å²) >= 11 is 0. The minimum Gasteiger partial charge on any atom is -0.496 e. The van der Waals surface area contributed by atoms with Crippen LogP contribution in [0.3, 0.4) is 0 Å². The lowest BCUT2D eigenvalue weighted by molar-refractivity contribution is 0.0939. The molecule has 18 heavy (non-hydrogen) atoms. The number of halogens is 1. The van der Waals surface area contributed by atoms with Crippen molar-refractivity contribution in [2.45, 2.75) is 26.7 Å². The van der Waals surface area contributed by atoms with Crippen LogP contribution in [-0.2, 0) is 0 Å². The van der Waals surface area contributed by atoms with Gasteiger partial charge in [-0.1, -0.05) is 32.8 Å². The zero-order chi connectivity index (χ0) is 13.5. The van der Waals surface area contributed by atoms with Gasteiger partial charge in [0.1, 0.15) is 17.1 Å². The second-order valence-electron chi connectivity index (χ2n) is 4.21. The number of carbonyl (C=O) groups is 1. The Morgan fingerprint density at radius 1 is 1.39 bits per heavy atom. The van der Waals surface area contributed by atoms with Crippen LogP contribution in [0.5, 0.6) is 5.75 Å². The SMILES string of the molecule is CCC(CC)CNC(=O)c1c(F)cccc1OC. The van der Waals surface area contributed by atoms with Gasteiger partial charge in [0.2, 0.25) is 0 Å². The second kappa shape index (κ2) is 6.99. The molecule has 1 rings (SSSR count). The molecule has 0 fully saturated rings. The first-order valence-electron chi connectivity index (χ1n) is 6.24. The third-order valence-electron chi connectivity index (χ3n) is 3.13. The van der Waals surface area contributed by atoms with Crippen molar-refractivity contribution in [2.24, 2.45) is 5.92 Å². The monoisotopic (exact) mass is 253 g/mol. The van der Waals surface area contributed by atoms with Crippen LogP contribution in [0.25, 0.3) is 0 Å². The van der Waals surface area contributed by atoms with Gasteiger partial charge in [-0.3, -0.25) is 4.79 Å². The van der Waals surface area contributed by atoms with Crippen molar-refractivity contribution >= 4 is 5.91 Å². The highest BCUT2D eigenvalue weighted by Gasteiger charge is 2.17. The molecule has 0 radical (unpaired) electrons. The third kappa shape index (κ3) is 3.45. The maximum atomic E-state index is 13.6. The molecule has 0 atom stereocenters. The summed E-state index contributed by atoms with van der Waals surface area (Å²) in [6.45, 7) is 4.71. The number of carbonyl (C=O) groups excluding carboxylic acids is 1. The number of hydrogen-bond donors (Lipinski definition) is 1. The Kier molecular flexibility index (Phi) is 5.62. The molecule has 1 aromatic rings. The number of hydrogen-bond acceptors (Lipinski definition) is 2. The molecule has 0 bridgehead atoms. The van der Waals surface area contributed by atoms with Gasteiger partial charge in [0, 0.05) is 6.54 Å². The molecule has 0 unspecified atom stereocenters. The number of amides is 1. The summed E-state index contributed by atoms with van der Waals surface area (Å²) < 4.78 is 18.6. The van der Waals surface area contributed by atoms with Crippen molar-refractivity contribution in [3.05, 3.63) is 29.6 Å².